The van der Waals surface area contributed by atoms with E-state index in [1.54, 1.807) is 18.2 Å². The lowest BCUT2D eigenvalue weighted by atomic mass is 9.97. The highest BCUT2D eigenvalue weighted by Gasteiger charge is 2.32. The van der Waals surface area contributed by atoms with E-state index >= 15 is 0 Å². The zero-order chi connectivity index (χ0) is 21.3. The number of benzene rings is 1. The second-order valence-corrected chi connectivity index (χ2v) is 8.55. The van der Waals surface area contributed by atoms with Crippen LogP contribution in [0.5, 0.6) is 0 Å². The molecule has 29 heavy (non-hydrogen) atoms. The first kappa shape index (κ1) is 21.3. The first-order valence-electron chi connectivity index (χ1n) is 9.10. The molecular weight excluding hydrogens is 421 g/mol. The third-order valence-electron chi connectivity index (χ3n) is 4.42. The number of carbonyl (C=O) groups is 2. The van der Waals surface area contributed by atoms with Crippen LogP contribution < -0.4 is 5.69 Å². The van der Waals surface area contributed by atoms with Gasteiger partial charge in [0.05, 0.1) is 16.0 Å². The Balaban J connectivity index is 1.72. The van der Waals surface area contributed by atoms with Crippen LogP contribution in [0.25, 0.3) is 5.69 Å². The van der Waals surface area contributed by atoms with Gasteiger partial charge in [-0.1, -0.05) is 29.3 Å². The molecule has 0 aliphatic carbocycles. The largest absolute Gasteiger partial charge is 0.460 e. The number of para-hydroxylation sites is 1. The molecule has 1 aliphatic rings. The van der Waals surface area contributed by atoms with E-state index < -0.39 is 17.3 Å². The predicted octanol–water partition coefficient (Wildman–Crippen LogP) is 2.76. The summed E-state index contributed by atoms with van der Waals surface area (Å²) in [4.78, 5) is 39.0. The normalized spacial score (nSPS) is 15.4. The molecule has 1 aromatic carbocycles. The maximum Gasteiger partial charge on any atom is 0.377 e. The Morgan fingerprint density at radius 1 is 1.10 bits per heavy atom. The summed E-state index contributed by atoms with van der Waals surface area (Å²) in [6, 6.07) is 4.12. The summed E-state index contributed by atoms with van der Waals surface area (Å²) in [5.74, 6) is -0.561. The number of tetrazole rings is 1. The molecule has 0 saturated carbocycles. The number of halogens is 2. The molecule has 2 aromatic rings. The predicted molar refractivity (Wildman–Crippen MR) is 107 cm³/mol. The number of aromatic nitrogens is 4. The Hall–Kier alpha value is -2.39. The number of likely N-dealkylation sites (tertiary alicyclic amines) is 1. The van der Waals surface area contributed by atoms with Gasteiger partial charge in [-0.2, -0.15) is 4.68 Å². The Morgan fingerprint density at radius 2 is 1.69 bits per heavy atom. The maximum atomic E-state index is 12.7. The van der Waals surface area contributed by atoms with Crippen LogP contribution in [-0.4, -0.2) is 55.4 Å². The zero-order valence-electron chi connectivity index (χ0n) is 16.3. The van der Waals surface area contributed by atoms with Crippen LogP contribution in [0.15, 0.2) is 23.0 Å². The monoisotopic (exact) mass is 441 g/mol. The van der Waals surface area contributed by atoms with E-state index in [2.05, 4.69) is 10.4 Å². The Morgan fingerprint density at radius 3 is 2.24 bits per heavy atom. The lowest BCUT2D eigenvalue weighted by Crippen LogP contribution is -2.46. The first-order chi connectivity index (χ1) is 13.6. The van der Waals surface area contributed by atoms with Crippen molar-refractivity contribution in [2.45, 2.75) is 39.2 Å². The number of hydrogen-bond acceptors (Lipinski definition) is 6. The summed E-state index contributed by atoms with van der Waals surface area (Å²) in [6.45, 7) is 6.03. The highest BCUT2D eigenvalue weighted by Crippen LogP contribution is 2.26. The van der Waals surface area contributed by atoms with Crippen molar-refractivity contribution < 1.29 is 14.3 Å². The minimum Gasteiger partial charge on any atom is -0.460 e. The number of rotatable bonds is 2. The summed E-state index contributed by atoms with van der Waals surface area (Å²) in [5.41, 5.74) is -1.18. The van der Waals surface area contributed by atoms with Crippen molar-refractivity contribution in [2.24, 2.45) is 5.92 Å². The molecule has 0 atom stereocenters. The van der Waals surface area contributed by atoms with Crippen molar-refractivity contribution in [2.75, 3.05) is 13.1 Å². The SMILES string of the molecule is CC(C)(C)OC(=O)C1CCN(C(=O)n2nnn(-c3c(Cl)cccc3Cl)c2=O)CC1. The highest BCUT2D eigenvalue weighted by molar-refractivity contribution is 6.37. The average Bonchev–Trinajstić information content (AvgIpc) is 3.01. The van der Waals surface area contributed by atoms with Crippen molar-refractivity contribution >= 4 is 35.2 Å². The standard InChI is InChI=1S/C18H21Cl2N5O4/c1-18(2,3)29-15(26)11-7-9-23(10-8-11)16(27)25-17(28)24(21-22-25)14-12(19)5-4-6-13(14)20/h4-6,11H,7-10H2,1-3H3. The van der Waals surface area contributed by atoms with Crippen LogP contribution in [0.2, 0.25) is 10.0 Å². The Bertz CT molecular complexity index is 967. The van der Waals surface area contributed by atoms with E-state index in [1.165, 1.54) is 4.90 Å². The van der Waals surface area contributed by atoms with E-state index in [0.717, 1.165) is 4.68 Å². The molecule has 2 heterocycles. The van der Waals surface area contributed by atoms with Crippen molar-refractivity contribution in [3.63, 3.8) is 0 Å². The summed E-state index contributed by atoms with van der Waals surface area (Å²) in [5, 5.41) is 7.81. The summed E-state index contributed by atoms with van der Waals surface area (Å²) in [6.07, 6.45) is 0.889. The molecule has 1 aliphatic heterocycles. The van der Waals surface area contributed by atoms with E-state index in [0.29, 0.717) is 30.6 Å². The van der Waals surface area contributed by atoms with Crippen LogP contribution in [0.4, 0.5) is 4.79 Å². The molecule has 0 unspecified atom stereocenters. The third kappa shape index (κ3) is 4.62. The van der Waals surface area contributed by atoms with Gasteiger partial charge in [0.25, 0.3) is 0 Å². The fourth-order valence-electron chi connectivity index (χ4n) is 3.02. The van der Waals surface area contributed by atoms with Crippen LogP contribution >= 0.6 is 23.2 Å². The molecule has 1 saturated heterocycles. The number of esters is 1. The molecule has 1 aromatic heterocycles. The van der Waals surface area contributed by atoms with Gasteiger partial charge in [0.2, 0.25) is 0 Å². The minimum absolute atomic E-state index is 0.156. The smallest absolute Gasteiger partial charge is 0.377 e. The van der Waals surface area contributed by atoms with Crippen molar-refractivity contribution in [1.82, 2.24) is 24.7 Å². The molecule has 0 spiro atoms. The van der Waals surface area contributed by atoms with Gasteiger partial charge in [-0.05, 0) is 56.2 Å². The van der Waals surface area contributed by atoms with Crippen LogP contribution in [0.3, 0.4) is 0 Å². The molecular formula is C18H21Cl2N5O4. The van der Waals surface area contributed by atoms with Gasteiger partial charge in [0, 0.05) is 13.1 Å². The number of hydrogen-bond donors (Lipinski definition) is 0. The van der Waals surface area contributed by atoms with E-state index in [1.807, 2.05) is 20.8 Å². The van der Waals surface area contributed by atoms with Gasteiger partial charge in [-0.15, -0.1) is 4.68 Å². The zero-order valence-corrected chi connectivity index (χ0v) is 17.8. The molecule has 9 nitrogen and oxygen atoms in total. The first-order valence-corrected chi connectivity index (χ1v) is 9.85. The number of nitrogens with zero attached hydrogens (tertiary/aromatic N) is 5. The molecule has 1 amide bonds. The van der Waals surface area contributed by atoms with Gasteiger partial charge in [-0.3, -0.25) is 4.79 Å². The topological polar surface area (TPSA) is 99.3 Å². The fourth-order valence-corrected chi connectivity index (χ4v) is 3.58. The number of piperidine rings is 1. The molecule has 156 valence electrons. The average molecular weight is 442 g/mol. The van der Waals surface area contributed by atoms with Gasteiger partial charge in [0.1, 0.15) is 11.3 Å². The van der Waals surface area contributed by atoms with E-state index in [4.69, 9.17) is 27.9 Å². The Labute approximate surface area is 177 Å². The van der Waals surface area contributed by atoms with Gasteiger partial charge < -0.3 is 9.64 Å². The van der Waals surface area contributed by atoms with Gasteiger partial charge in [0.15, 0.2) is 0 Å². The Kier molecular flexibility index (Phi) is 6.00. The van der Waals surface area contributed by atoms with Crippen LogP contribution in [0.1, 0.15) is 33.6 Å². The highest BCUT2D eigenvalue weighted by atomic mass is 35.5. The molecule has 1 fully saturated rings. The third-order valence-corrected chi connectivity index (χ3v) is 5.03. The second-order valence-electron chi connectivity index (χ2n) is 7.73. The lowest BCUT2D eigenvalue weighted by molar-refractivity contribution is -0.161. The van der Waals surface area contributed by atoms with Crippen LogP contribution in [0, 0.1) is 5.92 Å². The quantitative estimate of drug-likeness (QED) is 0.524. The molecule has 11 heteroatoms. The van der Waals surface area contributed by atoms with Crippen molar-refractivity contribution in [1.29, 1.82) is 0 Å². The molecule has 3 rings (SSSR count). The minimum atomic E-state index is -0.778. The van der Waals surface area contributed by atoms with E-state index in [-0.39, 0.29) is 27.6 Å². The van der Waals surface area contributed by atoms with E-state index in [9.17, 15) is 14.4 Å². The van der Waals surface area contributed by atoms with Gasteiger partial charge in [-0.25, -0.2) is 9.59 Å². The molecule has 0 N–H and O–H groups in total. The van der Waals surface area contributed by atoms with Crippen LogP contribution in [-0.2, 0) is 9.53 Å². The molecule has 0 bridgehead atoms. The van der Waals surface area contributed by atoms with Gasteiger partial charge >= 0.3 is 17.7 Å². The number of amides is 1. The number of carbonyl (C=O) groups excluding carboxylic acids is 2. The molecule has 0 radical (unpaired) electrons. The second kappa shape index (κ2) is 8.16. The number of ether oxygens (including phenoxy) is 1. The van der Waals surface area contributed by atoms with Crippen molar-refractivity contribution in [3.05, 3.63) is 38.7 Å². The fraction of sp³-hybridized carbons (Fsp3) is 0.500. The van der Waals surface area contributed by atoms with Crippen molar-refractivity contribution in [3.8, 4) is 5.69 Å². The summed E-state index contributed by atoms with van der Waals surface area (Å²) >= 11 is 12.2. The lowest BCUT2D eigenvalue weighted by Gasteiger charge is -2.31. The maximum absolute atomic E-state index is 12.7. The summed E-state index contributed by atoms with van der Waals surface area (Å²) < 4.78 is 6.95. The summed E-state index contributed by atoms with van der Waals surface area (Å²) in [7, 11) is 0.